The molecule has 7 nitrogen and oxygen atoms in total. The standard InChI is InChI=1S/C18H20N4O3/c1-5-25-15-9-17(21-10-16(19-11-21)18(2,3)4)20-14-7-6-12(22(23)24)8-13(14)15/h6-11H,5H2,1-4H3. The van der Waals surface area contributed by atoms with Crippen LogP contribution in [0.25, 0.3) is 16.7 Å². The third-order valence-electron chi connectivity index (χ3n) is 3.87. The van der Waals surface area contributed by atoms with Crippen LogP contribution in [-0.2, 0) is 5.41 Å². The molecular weight excluding hydrogens is 320 g/mol. The van der Waals surface area contributed by atoms with Crippen molar-refractivity contribution < 1.29 is 9.66 Å². The molecule has 0 spiro atoms. The van der Waals surface area contributed by atoms with Crippen LogP contribution in [-0.4, -0.2) is 26.1 Å². The average molecular weight is 340 g/mol. The third-order valence-corrected chi connectivity index (χ3v) is 3.87. The summed E-state index contributed by atoms with van der Waals surface area (Å²) in [6, 6.07) is 6.36. The largest absolute Gasteiger partial charge is 0.493 e. The average Bonchev–Trinajstić information content (AvgIpc) is 3.04. The van der Waals surface area contributed by atoms with Gasteiger partial charge in [-0.3, -0.25) is 14.7 Å². The smallest absolute Gasteiger partial charge is 0.270 e. The summed E-state index contributed by atoms with van der Waals surface area (Å²) in [6.45, 7) is 8.62. The first-order chi connectivity index (χ1) is 11.8. The first-order valence-corrected chi connectivity index (χ1v) is 8.06. The van der Waals surface area contributed by atoms with Gasteiger partial charge in [0.25, 0.3) is 5.69 Å². The van der Waals surface area contributed by atoms with Gasteiger partial charge >= 0.3 is 0 Å². The third kappa shape index (κ3) is 3.31. The quantitative estimate of drug-likeness (QED) is 0.529. The number of hydrogen-bond acceptors (Lipinski definition) is 5. The Balaban J connectivity index is 2.15. The van der Waals surface area contributed by atoms with Crippen LogP contribution in [0.4, 0.5) is 5.69 Å². The predicted molar refractivity (Wildman–Crippen MR) is 95.4 cm³/mol. The fourth-order valence-corrected chi connectivity index (χ4v) is 2.53. The fraction of sp³-hybridized carbons (Fsp3) is 0.333. The Morgan fingerprint density at radius 1 is 1.28 bits per heavy atom. The molecule has 0 N–H and O–H groups in total. The van der Waals surface area contributed by atoms with E-state index in [2.05, 4.69) is 30.7 Å². The molecule has 0 unspecified atom stereocenters. The molecule has 130 valence electrons. The van der Waals surface area contributed by atoms with Crippen molar-refractivity contribution in [2.45, 2.75) is 33.1 Å². The number of ether oxygens (including phenoxy) is 1. The van der Waals surface area contributed by atoms with Crippen molar-refractivity contribution in [2.75, 3.05) is 6.61 Å². The van der Waals surface area contributed by atoms with Gasteiger partial charge in [0.15, 0.2) is 0 Å². The molecule has 0 radical (unpaired) electrons. The van der Waals surface area contributed by atoms with Gasteiger partial charge in [0.2, 0.25) is 0 Å². The van der Waals surface area contributed by atoms with E-state index in [1.165, 1.54) is 12.1 Å². The van der Waals surface area contributed by atoms with Crippen LogP contribution in [0.3, 0.4) is 0 Å². The minimum atomic E-state index is -0.422. The molecule has 3 aromatic rings. The molecule has 0 bridgehead atoms. The number of nitro benzene ring substituents is 1. The van der Waals surface area contributed by atoms with Crippen molar-refractivity contribution in [1.82, 2.24) is 14.5 Å². The van der Waals surface area contributed by atoms with Gasteiger partial charge in [-0.05, 0) is 13.0 Å². The number of hydrogen-bond donors (Lipinski definition) is 0. The van der Waals surface area contributed by atoms with Crippen molar-refractivity contribution in [3.05, 3.63) is 52.6 Å². The summed E-state index contributed by atoms with van der Waals surface area (Å²) in [4.78, 5) is 19.7. The Labute approximate surface area is 145 Å². The highest BCUT2D eigenvalue weighted by molar-refractivity contribution is 5.88. The first kappa shape index (κ1) is 16.9. The topological polar surface area (TPSA) is 83.1 Å². The van der Waals surface area contributed by atoms with Crippen LogP contribution in [0, 0.1) is 10.1 Å². The zero-order valence-electron chi connectivity index (χ0n) is 14.7. The van der Waals surface area contributed by atoms with E-state index in [0.717, 1.165) is 5.69 Å². The molecule has 0 amide bonds. The van der Waals surface area contributed by atoms with Gasteiger partial charge < -0.3 is 4.74 Å². The molecule has 0 saturated carbocycles. The lowest BCUT2D eigenvalue weighted by Gasteiger charge is -2.14. The lowest BCUT2D eigenvalue weighted by molar-refractivity contribution is -0.384. The minimum absolute atomic E-state index is 0.0145. The zero-order valence-corrected chi connectivity index (χ0v) is 14.7. The highest BCUT2D eigenvalue weighted by Crippen LogP contribution is 2.30. The molecule has 0 fully saturated rings. The van der Waals surface area contributed by atoms with Gasteiger partial charge in [-0.1, -0.05) is 20.8 Å². The van der Waals surface area contributed by atoms with Gasteiger partial charge in [0, 0.05) is 35.2 Å². The lowest BCUT2D eigenvalue weighted by Crippen LogP contribution is -2.11. The molecule has 0 aliphatic heterocycles. The summed E-state index contributed by atoms with van der Waals surface area (Å²) in [5.74, 6) is 1.23. The van der Waals surface area contributed by atoms with E-state index in [-0.39, 0.29) is 11.1 Å². The van der Waals surface area contributed by atoms with Gasteiger partial charge in [-0.25, -0.2) is 9.97 Å². The van der Waals surface area contributed by atoms with Gasteiger partial charge in [-0.2, -0.15) is 0 Å². The number of non-ortho nitro benzene ring substituents is 1. The molecule has 2 heterocycles. The maximum absolute atomic E-state index is 11.0. The van der Waals surface area contributed by atoms with Crippen molar-refractivity contribution in [1.29, 1.82) is 0 Å². The van der Waals surface area contributed by atoms with Gasteiger partial charge in [0.1, 0.15) is 17.9 Å². The fourth-order valence-electron chi connectivity index (χ4n) is 2.53. The van der Waals surface area contributed by atoms with E-state index in [9.17, 15) is 10.1 Å². The van der Waals surface area contributed by atoms with E-state index in [0.29, 0.717) is 29.1 Å². The van der Waals surface area contributed by atoms with Gasteiger partial charge in [0.05, 0.1) is 22.7 Å². The maximum Gasteiger partial charge on any atom is 0.270 e. The number of benzene rings is 1. The van der Waals surface area contributed by atoms with Crippen LogP contribution in [0.5, 0.6) is 5.75 Å². The summed E-state index contributed by atoms with van der Waals surface area (Å²) in [5, 5.41) is 11.7. The summed E-state index contributed by atoms with van der Waals surface area (Å²) in [7, 11) is 0. The number of fused-ring (bicyclic) bond motifs is 1. The molecular formula is C18H20N4O3. The second-order valence-electron chi connectivity index (χ2n) is 6.79. The van der Waals surface area contributed by atoms with Crippen LogP contribution in [0.1, 0.15) is 33.4 Å². The Hall–Kier alpha value is -2.96. The monoisotopic (exact) mass is 340 g/mol. The summed E-state index contributed by atoms with van der Waals surface area (Å²) in [6.07, 6.45) is 3.66. The van der Waals surface area contributed by atoms with E-state index in [4.69, 9.17) is 4.74 Å². The Morgan fingerprint density at radius 2 is 2.04 bits per heavy atom. The molecule has 25 heavy (non-hydrogen) atoms. The highest BCUT2D eigenvalue weighted by atomic mass is 16.6. The van der Waals surface area contributed by atoms with E-state index in [1.807, 2.05) is 17.7 Å². The SMILES string of the molecule is CCOc1cc(-n2cnc(C(C)(C)C)c2)nc2ccc([N+](=O)[O-])cc12. The van der Waals surface area contributed by atoms with Crippen molar-refractivity contribution in [2.24, 2.45) is 0 Å². The number of nitrogens with zero attached hydrogens (tertiary/aromatic N) is 4. The molecule has 1 aromatic carbocycles. The number of pyridine rings is 1. The second kappa shape index (κ2) is 6.16. The van der Waals surface area contributed by atoms with Crippen molar-refractivity contribution in [3.63, 3.8) is 0 Å². The predicted octanol–water partition coefficient (Wildman–Crippen LogP) is 4.02. The van der Waals surface area contributed by atoms with Crippen LogP contribution in [0.15, 0.2) is 36.8 Å². The van der Waals surface area contributed by atoms with Crippen LogP contribution >= 0.6 is 0 Å². The summed E-state index contributed by atoms with van der Waals surface area (Å²) in [5.41, 5.74) is 1.54. The molecule has 0 saturated heterocycles. The summed E-state index contributed by atoms with van der Waals surface area (Å²) < 4.78 is 7.53. The molecule has 3 rings (SSSR count). The number of nitro groups is 1. The highest BCUT2D eigenvalue weighted by Gasteiger charge is 2.18. The lowest BCUT2D eigenvalue weighted by atomic mass is 9.93. The normalized spacial score (nSPS) is 11.7. The zero-order chi connectivity index (χ0) is 18.2. The van der Waals surface area contributed by atoms with Gasteiger partial charge in [-0.15, -0.1) is 0 Å². The first-order valence-electron chi connectivity index (χ1n) is 8.06. The molecule has 0 aliphatic rings. The van der Waals surface area contributed by atoms with E-state index < -0.39 is 4.92 Å². The summed E-state index contributed by atoms with van der Waals surface area (Å²) >= 11 is 0. The number of imidazole rings is 1. The second-order valence-corrected chi connectivity index (χ2v) is 6.79. The van der Waals surface area contributed by atoms with Crippen LogP contribution in [0.2, 0.25) is 0 Å². The van der Waals surface area contributed by atoms with Crippen molar-refractivity contribution in [3.8, 4) is 11.6 Å². The molecule has 2 aromatic heterocycles. The van der Waals surface area contributed by atoms with Crippen molar-refractivity contribution >= 4 is 16.6 Å². The maximum atomic E-state index is 11.0. The van der Waals surface area contributed by atoms with E-state index in [1.54, 1.807) is 18.5 Å². The minimum Gasteiger partial charge on any atom is -0.493 e. The van der Waals surface area contributed by atoms with E-state index >= 15 is 0 Å². The number of rotatable bonds is 4. The number of aromatic nitrogens is 3. The Morgan fingerprint density at radius 3 is 2.64 bits per heavy atom. The molecule has 0 aliphatic carbocycles. The Kier molecular flexibility index (Phi) is 4.16. The van der Waals surface area contributed by atoms with Crippen LogP contribution < -0.4 is 4.74 Å². The molecule has 7 heteroatoms. The molecule has 0 atom stereocenters. The Bertz CT molecular complexity index is 941.